The van der Waals surface area contributed by atoms with Gasteiger partial charge in [0.15, 0.2) is 5.78 Å². The molecule has 0 bridgehead atoms. The summed E-state index contributed by atoms with van der Waals surface area (Å²) < 4.78 is 0. The van der Waals surface area contributed by atoms with Crippen molar-refractivity contribution in [3.63, 3.8) is 0 Å². The Morgan fingerprint density at radius 2 is 1.83 bits per heavy atom. The molecule has 18 heavy (non-hydrogen) atoms. The van der Waals surface area contributed by atoms with Crippen LogP contribution in [0.3, 0.4) is 0 Å². The van der Waals surface area contributed by atoms with Gasteiger partial charge in [-0.3, -0.25) is 4.79 Å². The second-order valence-electron chi connectivity index (χ2n) is 5.39. The predicted molar refractivity (Wildman–Crippen MR) is 73.1 cm³/mol. The molecule has 0 atom stereocenters. The molecule has 0 heterocycles. The molecule has 1 aromatic carbocycles. The van der Waals surface area contributed by atoms with Gasteiger partial charge >= 0.3 is 0 Å². The number of aliphatic hydroxyl groups is 1. The van der Waals surface area contributed by atoms with Gasteiger partial charge in [0.25, 0.3) is 0 Å². The lowest BCUT2D eigenvalue weighted by atomic mass is 10.0. The molecule has 0 amide bonds. The number of carbonyl (C=O) groups excluding carboxylic acids is 1. The highest BCUT2D eigenvalue weighted by atomic mass is 16.3. The van der Waals surface area contributed by atoms with E-state index < -0.39 is 5.60 Å². The molecule has 1 saturated carbocycles. The number of anilines is 1. The van der Waals surface area contributed by atoms with Gasteiger partial charge in [-0.05, 0) is 44.0 Å². The van der Waals surface area contributed by atoms with Gasteiger partial charge in [0.1, 0.15) is 0 Å². The van der Waals surface area contributed by atoms with Gasteiger partial charge < -0.3 is 10.0 Å². The summed E-state index contributed by atoms with van der Waals surface area (Å²) >= 11 is 0. The van der Waals surface area contributed by atoms with Gasteiger partial charge in [-0.15, -0.1) is 0 Å². The lowest BCUT2D eigenvalue weighted by molar-refractivity contribution is 0.0559. The van der Waals surface area contributed by atoms with Gasteiger partial charge in [-0.2, -0.15) is 0 Å². The van der Waals surface area contributed by atoms with E-state index in [0.29, 0.717) is 6.54 Å². The first-order valence-corrected chi connectivity index (χ1v) is 6.55. The lowest BCUT2D eigenvalue weighted by Gasteiger charge is -2.30. The van der Waals surface area contributed by atoms with Crippen molar-refractivity contribution in [2.24, 2.45) is 0 Å². The Morgan fingerprint density at radius 3 is 2.33 bits per heavy atom. The maximum absolute atomic E-state index is 11.2. The maximum Gasteiger partial charge on any atom is 0.159 e. The SMILES string of the molecule is CC(=O)c1ccc(N(C)CC2(O)CCCC2)cc1. The fourth-order valence-electron chi connectivity index (χ4n) is 2.67. The number of carbonyl (C=O) groups is 1. The molecule has 2 rings (SSSR count). The lowest BCUT2D eigenvalue weighted by Crippen LogP contribution is -2.39. The van der Waals surface area contributed by atoms with Crippen LogP contribution in [0, 0.1) is 0 Å². The van der Waals surface area contributed by atoms with Crippen LogP contribution < -0.4 is 4.90 Å². The molecule has 1 aromatic rings. The van der Waals surface area contributed by atoms with Crippen LogP contribution in [0.25, 0.3) is 0 Å². The Morgan fingerprint density at radius 1 is 1.28 bits per heavy atom. The van der Waals surface area contributed by atoms with Crippen LogP contribution in [-0.4, -0.2) is 30.1 Å². The van der Waals surface area contributed by atoms with E-state index in [1.807, 2.05) is 31.3 Å². The quantitative estimate of drug-likeness (QED) is 0.831. The van der Waals surface area contributed by atoms with Crippen LogP contribution in [0.4, 0.5) is 5.69 Å². The molecule has 1 fully saturated rings. The largest absolute Gasteiger partial charge is 0.388 e. The molecule has 0 aliphatic heterocycles. The van der Waals surface area contributed by atoms with Crippen molar-refractivity contribution in [2.45, 2.75) is 38.2 Å². The normalized spacial score (nSPS) is 17.7. The highest BCUT2D eigenvalue weighted by Gasteiger charge is 2.32. The van der Waals surface area contributed by atoms with E-state index in [2.05, 4.69) is 4.90 Å². The smallest absolute Gasteiger partial charge is 0.159 e. The molecule has 1 aliphatic carbocycles. The Bertz CT molecular complexity index is 419. The second kappa shape index (κ2) is 5.11. The maximum atomic E-state index is 11.2. The third kappa shape index (κ3) is 2.91. The summed E-state index contributed by atoms with van der Waals surface area (Å²) in [6, 6.07) is 7.56. The average molecular weight is 247 g/mol. The molecule has 0 unspecified atom stereocenters. The highest BCUT2D eigenvalue weighted by molar-refractivity contribution is 5.94. The minimum atomic E-state index is -0.534. The first-order valence-electron chi connectivity index (χ1n) is 6.55. The van der Waals surface area contributed by atoms with Crippen molar-refractivity contribution in [2.75, 3.05) is 18.5 Å². The zero-order valence-electron chi connectivity index (χ0n) is 11.1. The molecule has 3 heteroatoms. The summed E-state index contributed by atoms with van der Waals surface area (Å²) in [7, 11) is 1.99. The van der Waals surface area contributed by atoms with Crippen molar-refractivity contribution < 1.29 is 9.90 Å². The van der Waals surface area contributed by atoms with Gasteiger partial charge in [-0.1, -0.05) is 12.8 Å². The van der Waals surface area contributed by atoms with E-state index in [-0.39, 0.29) is 5.78 Å². The third-order valence-electron chi connectivity index (χ3n) is 3.78. The Kier molecular flexibility index (Phi) is 3.71. The summed E-state index contributed by atoms with van der Waals surface area (Å²) in [4.78, 5) is 13.3. The van der Waals surface area contributed by atoms with Crippen LogP contribution in [-0.2, 0) is 0 Å². The van der Waals surface area contributed by atoms with Crippen molar-refractivity contribution in [1.82, 2.24) is 0 Å². The van der Waals surface area contributed by atoms with Crippen LogP contribution >= 0.6 is 0 Å². The molecule has 0 radical (unpaired) electrons. The van der Waals surface area contributed by atoms with Crippen LogP contribution in [0.5, 0.6) is 0 Å². The number of ketones is 1. The standard InChI is InChI=1S/C15H21NO2/c1-12(17)13-5-7-14(8-6-13)16(2)11-15(18)9-3-4-10-15/h5-8,18H,3-4,9-11H2,1-2H3. The third-order valence-corrected chi connectivity index (χ3v) is 3.78. The molecule has 98 valence electrons. The zero-order valence-corrected chi connectivity index (χ0v) is 11.1. The van der Waals surface area contributed by atoms with E-state index in [9.17, 15) is 9.90 Å². The van der Waals surface area contributed by atoms with Gasteiger partial charge in [0, 0.05) is 24.8 Å². The molecular formula is C15H21NO2. The van der Waals surface area contributed by atoms with E-state index in [1.54, 1.807) is 6.92 Å². The van der Waals surface area contributed by atoms with Crippen LogP contribution in [0.1, 0.15) is 43.0 Å². The zero-order chi connectivity index (χ0) is 13.2. The van der Waals surface area contributed by atoms with E-state index in [4.69, 9.17) is 0 Å². The molecule has 1 N–H and O–H groups in total. The van der Waals surface area contributed by atoms with E-state index >= 15 is 0 Å². The van der Waals surface area contributed by atoms with Crippen LogP contribution in [0.15, 0.2) is 24.3 Å². The Hall–Kier alpha value is -1.35. The van der Waals surface area contributed by atoms with Crippen LogP contribution in [0.2, 0.25) is 0 Å². The molecule has 0 aromatic heterocycles. The monoisotopic (exact) mass is 247 g/mol. The minimum absolute atomic E-state index is 0.0821. The van der Waals surface area contributed by atoms with Crippen molar-refractivity contribution in [1.29, 1.82) is 0 Å². The van der Waals surface area contributed by atoms with Crippen molar-refractivity contribution >= 4 is 11.5 Å². The topological polar surface area (TPSA) is 40.5 Å². The number of hydrogen-bond acceptors (Lipinski definition) is 3. The summed E-state index contributed by atoms with van der Waals surface area (Å²) in [5.41, 5.74) is 1.24. The number of Topliss-reactive ketones (excluding diaryl/α,β-unsaturated/α-hetero) is 1. The number of nitrogens with zero attached hydrogens (tertiary/aromatic N) is 1. The summed E-state index contributed by atoms with van der Waals surface area (Å²) in [5.74, 6) is 0.0821. The van der Waals surface area contributed by atoms with Gasteiger partial charge in [0.2, 0.25) is 0 Å². The minimum Gasteiger partial charge on any atom is -0.388 e. The van der Waals surface area contributed by atoms with Gasteiger partial charge in [0.05, 0.1) is 5.60 Å². The fourth-order valence-corrected chi connectivity index (χ4v) is 2.67. The Labute approximate surface area is 108 Å². The summed E-state index contributed by atoms with van der Waals surface area (Å²) in [6.45, 7) is 2.23. The molecule has 0 saturated heterocycles. The predicted octanol–water partition coefficient (Wildman–Crippen LogP) is 2.63. The van der Waals surface area contributed by atoms with E-state index in [1.165, 1.54) is 0 Å². The number of hydrogen-bond donors (Lipinski definition) is 1. The molecule has 3 nitrogen and oxygen atoms in total. The molecular weight excluding hydrogens is 226 g/mol. The van der Waals surface area contributed by atoms with E-state index in [0.717, 1.165) is 36.9 Å². The number of rotatable bonds is 4. The summed E-state index contributed by atoms with van der Waals surface area (Å²) in [5, 5.41) is 10.4. The fraction of sp³-hybridized carbons (Fsp3) is 0.533. The Balaban J connectivity index is 2.04. The number of likely N-dealkylation sites (N-methyl/N-ethyl adjacent to an activating group) is 1. The van der Waals surface area contributed by atoms with Crippen molar-refractivity contribution in [3.8, 4) is 0 Å². The highest BCUT2D eigenvalue weighted by Crippen LogP contribution is 2.31. The second-order valence-corrected chi connectivity index (χ2v) is 5.39. The number of benzene rings is 1. The van der Waals surface area contributed by atoms with Crippen molar-refractivity contribution in [3.05, 3.63) is 29.8 Å². The molecule has 1 aliphatic rings. The summed E-state index contributed by atoms with van der Waals surface area (Å²) in [6.07, 6.45) is 4.02. The van der Waals surface area contributed by atoms with Gasteiger partial charge in [-0.25, -0.2) is 0 Å². The molecule has 0 spiro atoms. The average Bonchev–Trinajstić information content (AvgIpc) is 2.76. The first-order chi connectivity index (χ1) is 8.50. The first kappa shape index (κ1) is 13.1.